The van der Waals surface area contributed by atoms with Gasteiger partial charge in [-0.2, -0.15) is 8.62 Å². The van der Waals surface area contributed by atoms with E-state index in [1.807, 2.05) is 4.98 Å². The number of esters is 2. The fourth-order valence-electron chi connectivity index (χ4n) is 3.17. The predicted octanol–water partition coefficient (Wildman–Crippen LogP) is -0.803. The highest BCUT2D eigenvalue weighted by Crippen LogP contribution is 2.66. The van der Waals surface area contributed by atoms with E-state index < -0.39 is 84.2 Å². The van der Waals surface area contributed by atoms with E-state index >= 15 is 0 Å². The quantitative estimate of drug-likeness (QED) is 0.154. The molecule has 5 N–H and O–H groups in total. The smallest absolute Gasteiger partial charge is 0.465 e. The Morgan fingerprint density at radius 2 is 1.65 bits per heavy atom. The van der Waals surface area contributed by atoms with Gasteiger partial charge in [0.2, 0.25) is 0 Å². The second-order valence-electron chi connectivity index (χ2n) is 7.47. The summed E-state index contributed by atoms with van der Waals surface area (Å²) >= 11 is 0. The van der Waals surface area contributed by atoms with E-state index in [4.69, 9.17) is 24.0 Å². The Morgan fingerprint density at radius 3 is 2.19 bits per heavy atom. The molecule has 0 saturated carbocycles. The molecule has 1 aromatic heterocycles. The number of hydrogen-bond acceptors (Lipinski definition) is 13. The number of rotatable bonds is 11. The molecule has 37 heavy (non-hydrogen) atoms. The van der Waals surface area contributed by atoms with Crippen LogP contribution in [-0.4, -0.2) is 66.5 Å². The zero-order valence-corrected chi connectivity index (χ0v) is 21.9. The molecule has 2 heterocycles. The third kappa shape index (κ3) is 9.35. The molecule has 1 aliphatic heterocycles. The molecule has 2 rings (SSSR count). The average Bonchev–Trinajstić information content (AvgIpc) is 3.01. The average molecular weight is 596 g/mol. The van der Waals surface area contributed by atoms with Gasteiger partial charge in [-0.25, -0.2) is 18.5 Å². The first-order valence-electron chi connectivity index (χ1n) is 9.86. The molecular formula is C15H23N2O17P3. The van der Waals surface area contributed by atoms with Crippen molar-refractivity contribution in [2.45, 2.75) is 39.2 Å². The van der Waals surface area contributed by atoms with Crippen molar-refractivity contribution in [1.82, 2.24) is 9.55 Å². The highest BCUT2D eigenvalue weighted by atomic mass is 31.3. The minimum absolute atomic E-state index is 0.0537. The van der Waals surface area contributed by atoms with Gasteiger partial charge in [-0.05, 0) is 6.92 Å². The number of H-pyrrole nitrogens is 1. The molecule has 22 heteroatoms. The molecule has 2 unspecified atom stereocenters. The minimum atomic E-state index is -5.81. The van der Waals surface area contributed by atoms with Crippen molar-refractivity contribution in [3.05, 3.63) is 32.6 Å². The molecule has 0 spiro atoms. The summed E-state index contributed by atoms with van der Waals surface area (Å²) in [6, 6.07) is 0. The maximum atomic E-state index is 12.4. The van der Waals surface area contributed by atoms with Crippen molar-refractivity contribution < 1.29 is 70.2 Å². The molecule has 1 fully saturated rings. The lowest BCUT2D eigenvalue weighted by Crippen LogP contribution is -2.40. The number of aromatic nitrogens is 2. The maximum absolute atomic E-state index is 12.4. The maximum Gasteiger partial charge on any atom is 0.490 e. The zero-order valence-electron chi connectivity index (χ0n) is 19.2. The van der Waals surface area contributed by atoms with Crippen LogP contribution in [-0.2, 0) is 50.6 Å². The molecule has 1 saturated heterocycles. The van der Waals surface area contributed by atoms with Crippen molar-refractivity contribution >= 4 is 35.4 Å². The third-order valence-electron chi connectivity index (χ3n) is 4.51. The molecule has 1 aromatic rings. The van der Waals surface area contributed by atoms with Crippen LogP contribution in [0.25, 0.3) is 0 Å². The summed E-state index contributed by atoms with van der Waals surface area (Å²) in [5, 5.41) is 0. The van der Waals surface area contributed by atoms with Crippen molar-refractivity contribution in [2.24, 2.45) is 5.92 Å². The minimum Gasteiger partial charge on any atom is -0.465 e. The van der Waals surface area contributed by atoms with Gasteiger partial charge in [0.1, 0.15) is 6.61 Å². The van der Waals surface area contributed by atoms with E-state index in [0.29, 0.717) is 0 Å². The summed E-state index contributed by atoms with van der Waals surface area (Å²) in [4.78, 5) is 85.5. The van der Waals surface area contributed by atoms with Gasteiger partial charge in [-0.1, -0.05) is 0 Å². The SMILES string of the molecule is CC(=O)OC[C@H]1[C@@H](OC(C)=O)[C@H](n2cc(C)c(=O)[nH]c2=O)O[C@@H]1COP(=O)(O)OP(=O)(O)OP(=O)(O)O. The van der Waals surface area contributed by atoms with Gasteiger partial charge in [-0.15, -0.1) is 0 Å². The summed E-state index contributed by atoms with van der Waals surface area (Å²) in [6.45, 7) is 1.88. The molecule has 1 aliphatic rings. The molecule has 0 radical (unpaired) electrons. The second-order valence-corrected chi connectivity index (χ2v) is 11.9. The summed E-state index contributed by atoms with van der Waals surface area (Å²) < 4.78 is 62.9. The van der Waals surface area contributed by atoms with Crippen LogP contribution in [0.5, 0.6) is 0 Å². The largest absolute Gasteiger partial charge is 0.490 e. The Morgan fingerprint density at radius 1 is 1.03 bits per heavy atom. The fraction of sp³-hybridized carbons (Fsp3) is 0.600. The van der Waals surface area contributed by atoms with E-state index in [9.17, 15) is 42.7 Å². The predicted molar refractivity (Wildman–Crippen MR) is 115 cm³/mol. The van der Waals surface area contributed by atoms with Crippen molar-refractivity contribution in [1.29, 1.82) is 0 Å². The van der Waals surface area contributed by atoms with Crippen LogP contribution in [0.15, 0.2) is 15.8 Å². The third-order valence-corrected chi connectivity index (χ3v) is 8.32. The van der Waals surface area contributed by atoms with Gasteiger partial charge in [-0.3, -0.25) is 28.5 Å². The zero-order chi connectivity index (χ0) is 28.3. The van der Waals surface area contributed by atoms with E-state index in [2.05, 4.69) is 13.1 Å². The number of ether oxygens (including phenoxy) is 3. The van der Waals surface area contributed by atoms with Crippen LogP contribution in [0, 0.1) is 12.8 Å². The Labute approximate surface area is 206 Å². The van der Waals surface area contributed by atoms with E-state index in [1.165, 1.54) is 6.92 Å². The van der Waals surface area contributed by atoms with E-state index in [-0.39, 0.29) is 5.56 Å². The molecular weight excluding hydrogens is 573 g/mol. The van der Waals surface area contributed by atoms with Crippen LogP contribution < -0.4 is 11.2 Å². The molecule has 6 atom stereocenters. The molecule has 0 amide bonds. The Balaban J connectivity index is 2.37. The van der Waals surface area contributed by atoms with Crippen molar-refractivity contribution in [3.63, 3.8) is 0 Å². The summed E-state index contributed by atoms with van der Waals surface area (Å²) in [7, 11) is -17.0. The van der Waals surface area contributed by atoms with E-state index in [0.717, 1.165) is 24.6 Å². The van der Waals surface area contributed by atoms with Crippen LogP contribution in [0.4, 0.5) is 0 Å². The van der Waals surface area contributed by atoms with Crippen molar-refractivity contribution in [3.8, 4) is 0 Å². The first-order valence-corrected chi connectivity index (χ1v) is 14.4. The lowest BCUT2D eigenvalue weighted by atomic mass is 9.99. The standard InChI is InChI=1S/C15H23N2O17P3/c1-7-4-17(15(21)16-13(7)20)14-12(31-9(3)19)10(5-29-8(2)18)11(32-14)6-30-36(25,26)34-37(27,28)33-35(22,23)24/h4,10-12,14H,5-6H2,1-3H3,(H,25,26)(H,27,28)(H,16,20,21)(H2,22,23,24)/t10-,11-,12-,14-/m1/s1. The summed E-state index contributed by atoms with van der Waals surface area (Å²) in [5.74, 6) is -2.83. The Bertz CT molecular complexity index is 1280. The summed E-state index contributed by atoms with van der Waals surface area (Å²) in [5.41, 5.74) is -1.65. The topological polar surface area (TPSA) is 277 Å². The molecule has 0 aromatic carbocycles. The normalized spacial score (nSPS) is 25.2. The lowest BCUT2D eigenvalue weighted by Gasteiger charge is -2.24. The van der Waals surface area contributed by atoms with Gasteiger partial charge >= 0.3 is 41.1 Å². The number of phosphoric acid groups is 3. The fourth-order valence-corrected chi connectivity index (χ4v) is 6.20. The van der Waals surface area contributed by atoms with Crippen LogP contribution in [0.1, 0.15) is 25.6 Å². The van der Waals surface area contributed by atoms with Gasteiger partial charge < -0.3 is 33.8 Å². The molecule has 210 valence electrons. The number of aromatic amines is 1. The van der Waals surface area contributed by atoms with Gasteiger partial charge in [0.05, 0.1) is 18.6 Å². The second kappa shape index (κ2) is 11.8. The lowest BCUT2D eigenvalue weighted by molar-refractivity contribution is -0.155. The number of aryl methyl sites for hydroxylation is 1. The first-order chi connectivity index (χ1) is 16.8. The van der Waals surface area contributed by atoms with E-state index in [1.54, 1.807) is 0 Å². The number of nitrogens with one attached hydrogen (secondary N) is 1. The highest BCUT2D eigenvalue weighted by molar-refractivity contribution is 7.66. The number of nitrogens with zero attached hydrogens (tertiary/aromatic N) is 1. The van der Waals surface area contributed by atoms with Gasteiger partial charge in [0, 0.05) is 25.6 Å². The number of carbonyl (C=O) groups is 2. The summed E-state index contributed by atoms with van der Waals surface area (Å²) in [6.07, 6.45) is -3.23. The van der Waals surface area contributed by atoms with Crippen LogP contribution in [0.3, 0.4) is 0 Å². The number of phosphoric ester groups is 1. The Hall–Kier alpha value is -2.01. The van der Waals surface area contributed by atoms with Gasteiger partial charge in [0.25, 0.3) is 5.56 Å². The molecule has 0 aliphatic carbocycles. The number of hydrogen-bond donors (Lipinski definition) is 5. The van der Waals surface area contributed by atoms with Crippen LogP contribution in [0.2, 0.25) is 0 Å². The molecule has 19 nitrogen and oxygen atoms in total. The van der Waals surface area contributed by atoms with Crippen molar-refractivity contribution in [2.75, 3.05) is 13.2 Å². The first kappa shape index (κ1) is 31.2. The monoisotopic (exact) mass is 596 g/mol. The van der Waals surface area contributed by atoms with Gasteiger partial charge in [0.15, 0.2) is 12.3 Å². The van der Waals surface area contributed by atoms with Crippen LogP contribution >= 0.6 is 23.5 Å². The highest BCUT2D eigenvalue weighted by Gasteiger charge is 2.50. The Kier molecular flexibility index (Phi) is 9.95. The number of carbonyl (C=O) groups excluding carboxylic acids is 2. The molecule has 0 bridgehead atoms.